The van der Waals surface area contributed by atoms with Crippen LogP contribution in [0.25, 0.3) is 66.1 Å². The summed E-state index contributed by atoms with van der Waals surface area (Å²) in [6, 6.07) is 63.8. The molecule has 0 atom stereocenters. The largest absolute Gasteiger partial charge is 0.264 e. The molecule has 9 rings (SSSR count). The maximum atomic E-state index is 3.82. The zero-order valence-electron chi connectivity index (χ0n) is 38.3. The first-order valence-corrected chi connectivity index (χ1v) is 22.7. The molecule has 318 valence electrons. The quantitative estimate of drug-likeness (QED) is 0.0781. The molecule has 0 saturated carbocycles. The SMILES string of the molecule is C=C/C=C\C=C/C.C=Nc1ccccc1C.CC.CCc1ccc(-c2ccc3c(C4=CCCC=C4c4ccccc4)c4ccccc4c(-c4ccccc4-c4ccccc4)c3c2)cc1. The number of para-hydroxylation sites is 1. The standard InChI is InChI=1S/C46H36.C8H9N.C7H10.C2H6/c1-2-32-25-27-33(28-26-32)36-29-30-43-44(31-36)46(40-22-12-10-20-38(40)35-17-7-4-8-18-35)42-24-14-13-23-41(42)45(43)39-21-11-9-19-37(39)34-15-5-3-6-16-34;1-7-5-3-4-6-8(7)9-2;1-3-5-7-6-4-2;1-2/h3-8,10,12-31H,2,9,11H2,1H3;3-6H,2H2,1H3;3-7H,1H2,2H3;1-2H3/b;;6-4-,7-5-;. The fourth-order valence-corrected chi connectivity index (χ4v) is 8.24. The van der Waals surface area contributed by atoms with Gasteiger partial charge in [-0.3, -0.25) is 4.99 Å². The number of benzene rings is 8. The first-order chi connectivity index (χ1) is 31.6. The van der Waals surface area contributed by atoms with Gasteiger partial charge < -0.3 is 0 Å². The summed E-state index contributed by atoms with van der Waals surface area (Å²) in [5, 5.41) is 5.15. The molecule has 0 aliphatic heterocycles. The van der Waals surface area contributed by atoms with E-state index in [0.717, 1.165) is 24.9 Å². The molecule has 1 aliphatic rings. The van der Waals surface area contributed by atoms with Gasteiger partial charge in [0.05, 0.1) is 5.69 Å². The van der Waals surface area contributed by atoms with Crippen LogP contribution in [0.3, 0.4) is 0 Å². The molecule has 8 aromatic carbocycles. The molecule has 0 unspecified atom stereocenters. The van der Waals surface area contributed by atoms with E-state index in [9.17, 15) is 0 Å². The number of hydrogen-bond donors (Lipinski definition) is 0. The van der Waals surface area contributed by atoms with E-state index in [4.69, 9.17) is 0 Å². The Balaban J connectivity index is 0.000000318. The summed E-state index contributed by atoms with van der Waals surface area (Å²) in [4.78, 5) is 3.82. The van der Waals surface area contributed by atoms with Gasteiger partial charge in [-0.2, -0.15) is 0 Å². The normalized spacial score (nSPS) is 12.0. The van der Waals surface area contributed by atoms with Crippen molar-refractivity contribution in [1.29, 1.82) is 0 Å². The molecule has 0 aromatic heterocycles. The summed E-state index contributed by atoms with van der Waals surface area (Å²) in [6.07, 6.45) is 17.6. The molecule has 0 bridgehead atoms. The van der Waals surface area contributed by atoms with Crippen molar-refractivity contribution < 1.29 is 0 Å². The van der Waals surface area contributed by atoms with Gasteiger partial charge in [0, 0.05) is 0 Å². The Bertz CT molecular complexity index is 2900. The van der Waals surface area contributed by atoms with E-state index in [2.05, 4.69) is 189 Å². The lowest BCUT2D eigenvalue weighted by molar-refractivity contribution is 1.04. The van der Waals surface area contributed by atoms with Crippen molar-refractivity contribution in [2.75, 3.05) is 0 Å². The minimum absolute atomic E-state index is 0.970. The number of aliphatic imine (C=N–C) groups is 1. The van der Waals surface area contributed by atoms with Gasteiger partial charge in [-0.25, -0.2) is 0 Å². The van der Waals surface area contributed by atoms with Crippen LogP contribution < -0.4 is 0 Å². The van der Waals surface area contributed by atoms with Crippen molar-refractivity contribution in [1.82, 2.24) is 0 Å². The third-order valence-corrected chi connectivity index (χ3v) is 11.3. The number of fused-ring (bicyclic) bond motifs is 2. The summed E-state index contributed by atoms with van der Waals surface area (Å²) in [5.41, 5.74) is 16.3. The van der Waals surface area contributed by atoms with Crippen molar-refractivity contribution in [2.45, 2.75) is 53.9 Å². The first-order valence-electron chi connectivity index (χ1n) is 22.7. The van der Waals surface area contributed by atoms with E-state index >= 15 is 0 Å². The predicted octanol–water partition coefficient (Wildman–Crippen LogP) is 18.5. The minimum Gasteiger partial charge on any atom is -0.264 e. The summed E-state index contributed by atoms with van der Waals surface area (Å²) in [6.45, 7) is 17.2. The van der Waals surface area contributed by atoms with Crippen molar-refractivity contribution in [3.8, 4) is 33.4 Å². The zero-order valence-corrected chi connectivity index (χ0v) is 38.3. The number of nitrogens with zero attached hydrogens (tertiary/aromatic N) is 1. The van der Waals surface area contributed by atoms with Crippen molar-refractivity contribution in [2.24, 2.45) is 4.99 Å². The zero-order chi connectivity index (χ0) is 45.1. The van der Waals surface area contributed by atoms with Crippen LogP contribution in [-0.4, -0.2) is 6.72 Å². The lowest BCUT2D eigenvalue weighted by Gasteiger charge is -2.24. The van der Waals surface area contributed by atoms with Gasteiger partial charge in [0.25, 0.3) is 0 Å². The van der Waals surface area contributed by atoms with Crippen LogP contribution in [0.5, 0.6) is 0 Å². The first kappa shape index (κ1) is 46.2. The highest BCUT2D eigenvalue weighted by Crippen LogP contribution is 2.48. The Hall–Kier alpha value is -7.35. The molecule has 0 amide bonds. The summed E-state index contributed by atoms with van der Waals surface area (Å²) < 4.78 is 0. The fraction of sp³-hybridized carbons (Fsp3) is 0.127. The second-order valence-corrected chi connectivity index (χ2v) is 15.3. The van der Waals surface area contributed by atoms with Gasteiger partial charge in [-0.1, -0.05) is 234 Å². The third-order valence-electron chi connectivity index (χ3n) is 11.3. The van der Waals surface area contributed by atoms with E-state index in [1.807, 2.05) is 76.3 Å². The topological polar surface area (TPSA) is 12.4 Å². The molecule has 0 radical (unpaired) electrons. The summed E-state index contributed by atoms with van der Waals surface area (Å²) in [7, 11) is 0. The number of rotatable bonds is 9. The van der Waals surface area contributed by atoms with Crippen LogP contribution in [0.4, 0.5) is 5.69 Å². The number of allylic oxidation sites excluding steroid dienone is 9. The second-order valence-electron chi connectivity index (χ2n) is 15.3. The maximum Gasteiger partial charge on any atom is 0.0651 e. The number of hydrogen-bond acceptors (Lipinski definition) is 1. The Morgan fingerprint density at radius 3 is 1.66 bits per heavy atom. The molecule has 0 heterocycles. The van der Waals surface area contributed by atoms with E-state index in [0.29, 0.717) is 0 Å². The molecule has 0 N–H and O–H groups in total. The molecule has 8 aromatic rings. The minimum atomic E-state index is 0.970. The maximum absolute atomic E-state index is 3.82. The van der Waals surface area contributed by atoms with Crippen molar-refractivity contribution in [3.63, 3.8) is 0 Å². The molecule has 1 aliphatic carbocycles. The van der Waals surface area contributed by atoms with Gasteiger partial charge >= 0.3 is 0 Å². The highest BCUT2D eigenvalue weighted by molar-refractivity contribution is 6.25. The fourth-order valence-electron chi connectivity index (χ4n) is 8.24. The lowest BCUT2D eigenvalue weighted by Crippen LogP contribution is -2.00. The smallest absolute Gasteiger partial charge is 0.0651 e. The van der Waals surface area contributed by atoms with Crippen LogP contribution in [0.1, 0.15) is 62.8 Å². The molecule has 0 fully saturated rings. The molecule has 64 heavy (non-hydrogen) atoms. The highest BCUT2D eigenvalue weighted by Gasteiger charge is 2.23. The van der Waals surface area contributed by atoms with Gasteiger partial charge in [-0.05, 0) is 140 Å². The van der Waals surface area contributed by atoms with Crippen LogP contribution in [-0.2, 0) is 6.42 Å². The van der Waals surface area contributed by atoms with Gasteiger partial charge in [0.1, 0.15) is 0 Å². The van der Waals surface area contributed by atoms with E-state index in [1.54, 1.807) is 6.08 Å². The molecule has 1 heteroatoms. The summed E-state index contributed by atoms with van der Waals surface area (Å²) in [5.74, 6) is 0. The van der Waals surface area contributed by atoms with E-state index < -0.39 is 0 Å². The molecule has 0 spiro atoms. The lowest BCUT2D eigenvalue weighted by atomic mass is 9.79. The van der Waals surface area contributed by atoms with Gasteiger partial charge in [0.15, 0.2) is 0 Å². The van der Waals surface area contributed by atoms with Crippen LogP contribution in [0.15, 0.2) is 230 Å². The Morgan fingerprint density at radius 1 is 0.500 bits per heavy atom. The number of aryl methyl sites for hydroxylation is 2. The van der Waals surface area contributed by atoms with Crippen LogP contribution in [0.2, 0.25) is 0 Å². The Labute approximate surface area is 382 Å². The Morgan fingerprint density at radius 2 is 1.05 bits per heavy atom. The molecule has 0 saturated heterocycles. The second kappa shape index (κ2) is 23.8. The Kier molecular flexibility index (Phi) is 17.1. The predicted molar refractivity (Wildman–Crippen MR) is 285 cm³/mol. The van der Waals surface area contributed by atoms with Crippen molar-refractivity contribution >= 4 is 45.1 Å². The van der Waals surface area contributed by atoms with Gasteiger partial charge in [-0.15, -0.1) is 0 Å². The van der Waals surface area contributed by atoms with Crippen molar-refractivity contribution in [3.05, 3.63) is 247 Å². The van der Waals surface area contributed by atoms with E-state index in [-0.39, 0.29) is 0 Å². The summed E-state index contributed by atoms with van der Waals surface area (Å²) >= 11 is 0. The third kappa shape index (κ3) is 11.0. The van der Waals surface area contributed by atoms with Crippen LogP contribution >= 0.6 is 0 Å². The highest BCUT2D eigenvalue weighted by atomic mass is 14.7. The van der Waals surface area contributed by atoms with E-state index in [1.165, 1.54) is 88.3 Å². The average molecular weight is 832 g/mol. The van der Waals surface area contributed by atoms with Crippen LogP contribution in [0, 0.1) is 6.92 Å². The monoisotopic (exact) mass is 831 g/mol. The molecule has 1 nitrogen and oxygen atoms in total. The molecular formula is C63H61N. The average Bonchev–Trinajstić information content (AvgIpc) is 3.37. The molecular weight excluding hydrogens is 771 g/mol. The van der Waals surface area contributed by atoms with Gasteiger partial charge in [0.2, 0.25) is 0 Å².